The van der Waals surface area contributed by atoms with Gasteiger partial charge in [-0.25, -0.2) is 8.42 Å². The van der Waals surface area contributed by atoms with Crippen molar-refractivity contribution in [3.63, 3.8) is 0 Å². The molecule has 4 nitrogen and oxygen atoms in total. The summed E-state index contributed by atoms with van der Waals surface area (Å²) in [7, 11) is -3.35. The van der Waals surface area contributed by atoms with Crippen molar-refractivity contribution in [2.75, 3.05) is 13.1 Å². The van der Waals surface area contributed by atoms with Crippen LogP contribution in [0.3, 0.4) is 0 Å². The average molecular weight is 331 g/mol. The molecule has 0 saturated carbocycles. The predicted octanol–water partition coefficient (Wildman–Crippen LogP) is 2.99. The molecule has 0 aliphatic carbocycles. The van der Waals surface area contributed by atoms with Gasteiger partial charge >= 0.3 is 0 Å². The van der Waals surface area contributed by atoms with Gasteiger partial charge in [0.15, 0.2) is 0 Å². The minimum Gasteiger partial charge on any atom is -0.313 e. The molecule has 6 heteroatoms. The normalized spacial score (nSPS) is 22.3. The predicted molar refractivity (Wildman–Crippen MR) is 88.3 cm³/mol. The fraction of sp³-hybridized carbons (Fsp3) is 0.733. The van der Waals surface area contributed by atoms with Crippen LogP contribution in [0.15, 0.2) is 16.3 Å². The van der Waals surface area contributed by atoms with E-state index in [0.717, 1.165) is 37.1 Å². The van der Waals surface area contributed by atoms with E-state index >= 15 is 0 Å². The fourth-order valence-electron chi connectivity index (χ4n) is 2.90. The maximum Gasteiger partial charge on any atom is 0.252 e. The molecule has 2 heterocycles. The highest BCUT2D eigenvalue weighted by molar-refractivity contribution is 7.91. The Balaban J connectivity index is 2.21. The second-order valence-corrected chi connectivity index (χ2v) is 9.19. The van der Waals surface area contributed by atoms with E-state index in [1.807, 2.05) is 13.0 Å². The number of rotatable bonds is 6. The molecular weight excluding hydrogens is 304 g/mol. The van der Waals surface area contributed by atoms with Gasteiger partial charge in [0.25, 0.3) is 10.0 Å². The molecule has 0 amide bonds. The van der Waals surface area contributed by atoms with E-state index in [2.05, 4.69) is 19.2 Å². The highest BCUT2D eigenvalue weighted by Crippen LogP contribution is 2.30. The molecular formula is C15H26N2O2S2. The number of nitrogens with zero attached hydrogens (tertiary/aromatic N) is 1. The minimum absolute atomic E-state index is 0.0673. The zero-order valence-electron chi connectivity index (χ0n) is 13.1. The lowest BCUT2D eigenvalue weighted by Gasteiger charge is -2.38. The Morgan fingerprint density at radius 3 is 2.81 bits per heavy atom. The molecule has 1 N–H and O–H groups in total. The van der Waals surface area contributed by atoms with Crippen molar-refractivity contribution in [1.82, 2.24) is 9.62 Å². The highest BCUT2D eigenvalue weighted by atomic mass is 32.2. The first kappa shape index (κ1) is 16.9. The first-order valence-electron chi connectivity index (χ1n) is 7.78. The van der Waals surface area contributed by atoms with Crippen LogP contribution in [0.25, 0.3) is 0 Å². The molecule has 2 atom stereocenters. The molecule has 120 valence electrons. The Bertz CT molecular complexity index is 554. The molecule has 1 aromatic rings. The van der Waals surface area contributed by atoms with Gasteiger partial charge in [-0.3, -0.25) is 0 Å². The van der Waals surface area contributed by atoms with E-state index in [0.29, 0.717) is 10.8 Å². The van der Waals surface area contributed by atoms with Gasteiger partial charge in [0, 0.05) is 23.5 Å². The van der Waals surface area contributed by atoms with E-state index in [-0.39, 0.29) is 12.1 Å². The van der Waals surface area contributed by atoms with Crippen LogP contribution in [-0.4, -0.2) is 37.9 Å². The Kier molecular flexibility index (Phi) is 5.82. The Labute approximate surface area is 132 Å². The van der Waals surface area contributed by atoms with Crippen molar-refractivity contribution in [2.45, 2.75) is 62.7 Å². The van der Waals surface area contributed by atoms with Crippen molar-refractivity contribution in [3.8, 4) is 0 Å². The Morgan fingerprint density at radius 2 is 2.19 bits per heavy atom. The Morgan fingerprint density at radius 1 is 1.43 bits per heavy atom. The third kappa shape index (κ3) is 3.86. The molecule has 1 fully saturated rings. The van der Waals surface area contributed by atoms with Gasteiger partial charge in [0.2, 0.25) is 0 Å². The van der Waals surface area contributed by atoms with Crippen LogP contribution >= 0.6 is 11.3 Å². The molecule has 2 unspecified atom stereocenters. The lowest BCUT2D eigenvalue weighted by Crippen LogP contribution is -2.53. The van der Waals surface area contributed by atoms with Gasteiger partial charge in [-0.1, -0.05) is 13.3 Å². The molecule has 21 heavy (non-hydrogen) atoms. The molecule has 1 aliphatic rings. The SMILES string of the molecule is CCCNC(C)C1CCCCN1S(=O)(=O)c1ccc(C)s1. The van der Waals surface area contributed by atoms with E-state index in [9.17, 15) is 8.42 Å². The number of hydrogen-bond acceptors (Lipinski definition) is 4. The number of thiophene rings is 1. The standard InChI is InChI=1S/C15H26N2O2S2/c1-4-10-16-13(3)14-7-5-6-11-17(14)21(18,19)15-9-8-12(2)20-15/h8-9,13-14,16H,4-7,10-11H2,1-3H3. The van der Waals surface area contributed by atoms with Crippen LogP contribution in [0.5, 0.6) is 0 Å². The van der Waals surface area contributed by atoms with E-state index in [1.165, 1.54) is 11.3 Å². The maximum atomic E-state index is 12.9. The lowest BCUT2D eigenvalue weighted by molar-refractivity contribution is 0.209. The molecule has 1 aliphatic heterocycles. The quantitative estimate of drug-likeness (QED) is 0.872. The molecule has 2 rings (SSSR count). The molecule has 1 saturated heterocycles. The third-order valence-electron chi connectivity index (χ3n) is 4.07. The Hall–Kier alpha value is -0.430. The van der Waals surface area contributed by atoms with Crippen LogP contribution in [0.1, 0.15) is 44.4 Å². The topological polar surface area (TPSA) is 49.4 Å². The zero-order valence-corrected chi connectivity index (χ0v) is 14.8. The average Bonchev–Trinajstić information content (AvgIpc) is 2.92. The van der Waals surface area contributed by atoms with Gasteiger partial charge in [0.1, 0.15) is 4.21 Å². The number of piperidine rings is 1. The third-order valence-corrected chi connectivity index (χ3v) is 7.46. The highest BCUT2D eigenvalue weighted by Gasteiger charge is 2.36. The summed E-state index contributed by atoms with van der Waals surface area (Å²) in [4.78, 5) is 1.04. The fourth-order valence-corrected chi connectivity index (χ4v) is 6.08. The van der Waals surface area contributed by atoms with Gasteiger partial charge in [-0.05, 0) is 51.8 Å². The van der Waals surface area contributed by atoms with Crippen LogP contribution in [-0.2, 0) is 10.0 Å². The summed E-state index contributed by atoms with van der Waals surface area (Å²) in [6.07, 6.45) is 4.08. The van der Waals surface area contributed by atoms with Crippen LogP contribution in [0.4, 0.5) is 0 Å². The van der Waals surface area contributed by atoms with Gasteiger partial charge in [-0.2, -0.15) is 4.31 Å². The van der Waals surface area contributed by atoms with Crippen LogP contribution < -0.4 is 5.32 Å². The first-order valence-corrected chi connectivity index (χ1v) is 10.0. The van der Waals surface area contributed by atoms with Crippen molar-refractivity contribution in [3.05, 3.63) is 17.0 Å². The van der Waals surface area contributed by atoms with Crippen LogP contribution in [0, 0.1) is 6.92 Å². The molecule has 1 aromatic heterocycles. The van der Waals surface area contributed by atoms with Crippen LogP contribution in [0.2, 0.25) is 0 Å². The lowest BCUT2D eigenvalue weighted by atomic mass is 9.99. The van der Waals surface area contributed by atoms with Gasteiger partial charge < -0.3 is 5.32 Å². The largest absolute Gasteiger partial charge is 0.313 e. The summed E-state index contributed by atoms with van der Waals surface area (Å²) in [5.41, 5.74) is 0. The number of aryl methyl sites for hydroxylation is 1. The van der Waals surface area contributed by atoms with Crippen molar-refractivity contribution < 1.29 is 8.42 Å². The number of nitrogens with one attached hydrogen (secondary N) is 1. The number of sulfonamides is 1. The van der Waals surface area contributed by atoms with Crippen molar-refractivity contribution in [1.29, 1.82) is 0 Å². The van der Waals surface area contributed by atoms with Gasteiger partial charge in [-0.15, -0.1) is 11.3 Å². The summed E-state index contributed by atoms with van der Waals surface area (Å²) in [6.45, 7) is 7.76. The summed E-state index contributed by atoms with van der Waals surface area (Å²) in [5, 5.41) is 3.46. The zero-order chi connectivity index (χ0) is 15.5. The monoisotopic (exact) mass is 330 g/mol. The number of hydrogen-bond donors (Lipinski definition) is 1. The minimum atomic E-state index is -3.35. The second kappa shape index (κ2) is 7.22. The second-order valence-electron chi connectivity index (χ2n) is 5.79. The van der Waals surface area contributed by atoms with E-state index < -0.39 is 10.0 Å². The summed E-state index contributed by atoms with van der Waals surface area (Å²) in [5.74, 6) is 0. The van der Waals surface area contributed by atoms with Crippen molar-refractivity contribution in [2.24, 2.45) is 0 Å². The summed E-state index contributed by atoms with van der Waals surface area (Å²) < 4.78 is 28.0. The van der Waals surface area contributed by atoms with E-state index in [1.54, 1.807) is 10.4 Å². The smallest absolute Gasteiger partial charge is 0.252 e. The molecule has 0 bridgehead atoms. The van der Waals surface area contributed by atoms with Gasteiger partial charge in [0.05, 0.1) is 0 Å². The van der Waals surface area contributed by atoms with E-state index in [4.69, 9.17) is 0 Å². The summed E-state index contributed by atoms with van der Waals surface area (Å²) in [6, 6.07) is 3.89. The summed E-state index contributed by atoms with van der Waals surface area (Å²) >= 11 is 1.37. The molecule has 0 radical (unpaired) electrons. The molecule has 0 spiro atoms. The maximum absolute atomic E-state index is 12.9. The first-order chi connectivity index (χ1) is 9.96. The molecule has 0 aromatic carbocycles. The van der Waals surface area contributed by atoms with Crippen molar-refractivity contribution >= 4 is 21.4 Å².